The smallest absolute Gasteiger partial charge is 0.146 e. The predicted octanol–water partition coefficient (Wildman–Crippen LogP) is 6.16. The van der Waals surface area contributed by atoms with Gasteiger partial charge in [0.2, 0.25) is 0 Å². The minimum absolute atomic E-state index is 0.141. The molecule has 0 saturated heterocycles. The number of nitrogens with zero attached hydrogens (tertiary/aromatic N) is 2. The Balaban J connectivity index is 1.89. The highest BCUT2D eigenvalue weighted by Gasteiger charge is 2.06. The van der Waals surface area contributed by atoms with Crippen LogP contribution in [0.2, 0.25) is 0 Å². The molecule has 3 rings (SSSR count). The summed E-state index contributed by atoms with van der Waals surface area (Å²) >= 11 is 1.63. The van der Waals surface area contributed by atoms with Crippen LogP contribution in [0.1, 0.15) is 11.1 Å². The zero-order valence-corrected chi connectivity index (χ0v) is 14.9. The molecular formula is C20H19N3OS. The van der Waals surface area contributed by atoms with Crippen molar-refractivity contribution in [2.24, 2.45) is 10.2 Å². The fraction of sp³-hybridized carbons (Fsp3) is 0.100. The molecule has 0 unspecified atom stereocenters. The van der Waals surface area contributed by atoms with Crippen LogP contribution in [0, 0.1) is 13.8 Å². The Morgan fingerprint density at radius 2 is 1.56 bits per heavy atom. The van der Waals surface area contributed by atoms with E-state index in [0.717, 1.165) is 20.9 Å². The number of phenols is 1. The first kappa shape index (κ1) is 17.0. The third kappa shape index (κ3) is 4.19. The average molecular weight is 349 g/mol. The van der Waals surface area contributed by atoms with Crippen LogP contribution >= 0.6 is 11.8 Å². The summed E-state index contributed by atoms with van der Waals surface area (Å²) in [6.45, 7) is 3.80. The summed E-state index contributed by atoms with van der Waals surface area (Å²) in [5, 5.41) is 18.6. The number of benzene rings is 3. The van der Waals surface area contributed by atoms with Crippen molar-refractivity contribution in [1.29, 1.82) is 0 Å². The number of hydrogen-bond donors (Lipinski definition) is 2. The molecule has 0 aliphatic carbocycles. The fourth-order valence-electron chi connectivity index (χ4n) is 2.42. The Morgan fingerprint density at radius 1 is 0.840 bits per heavy atom. The number of hydrogen-bond acceptors (Lipinski definition) is 5. The van der Waals surface area contributed by atoms with E-state index in [4.69, 9.17) is 5.73 Å². The number of aryl methyl sites for hydroxylation is 2. The highest BCUT2D eigenvalue weighted by molar-refractivity contribution is 7.99. The maximum atomic E-state index is 10.1. The molecule has 3 N–H and O–H groups in total. The molecule has 0 heterocycles. The number of nitrogens with two attached hydrogens (primary N) is 1. The van der Waals surface area contributed by atoms with Crippen molar-refractivity contribution in [1.82, 2.24) is 0 Å². The molecule has 3 aromatic rings. The second kappa shape index (κ2) is 7.40. The summed E-state index contributed by atoms with van der Waals surface area (Å²) in [5.41, 5.74) is 9.38. The van der Waals surface area contributed by atoms with Gasteiger partial charge in [-0.3, -0.25) is 0 Å². The summed E-state index contributed by atoms with van der Waals surface area (Å²) in [5.74, 6) is 0.141. The van der Waals surface area contributed by atoms with Crippen LogP contribution in [-0.4, -0.2) is 5.11 Å². The van der Waals surface area contributed by atoms with E-state index in [1.54, 1.807) is 17.8 Å². The number of aromatic hydroxyl groups is 1. The predicted molar refractivity (Wildman–Crippen MR) is 103 cm³/mol. The third-order valence-corrected chi connectivity index (χ3v) is 4.67. The zero-order valence-electron chi connectivity index (χ0n) is 14.1. The number of nitrogen functional groups attached to an aromatic ring is 1. The number of azo groups is 1. The molecule has 0 aliphatic heterocycles. The quantitative estimate of drug-likeness (QED) is 0.438. The van der Waals surface area contributed by atoms with Gasteiger partial charge in [0.25, 0.3) is 0 Å². The number of anilines is 1. The SMILES string of the molecule is Cc1cc(C)c(O)c(N=Nc2cc(Sc3ccccc3)ccc2N)c1. The first-order chi connectivity index (χ1) is 12.0. The van der Waals surface area contributed by atoms with E-state index >= 15 is 0 Å². The summed E-state index contributed by atoms with van der Waals surface area (Å²) in [6, 6.07) is 19.5. The van der Waals surface area contributed by atoms with Crippen molar-refractivity contribution in [3.05, 3.63) is 71.8 Å². The minimum atomic E-state index is 0.141. The molecule has 25 heavy (non-hydrogen) atoms. The van der Waals surface area contributed by atoms with Crippen molar-refractivity contribution < 1.29 is 5.11 Å². The van der Waals surface area contributed by atoms with Gasteiger partial charge in [-0.05, 0) is 61.4 Å². The van der Waals surface area contributed by atoms with Crippen molar-refractivity contribution in [3.8, 4) is 5.75 Å². The molecule has 0 saturated carbocycles. The number of phenolic OH excluding ortho intramolecular Hbond substituents is 1. The minimum Gasteiger partial charge on any atom is -0.505 e. The highest BCUT2D eigenvalue weighted by atomic mass is 32.2. The van der Waals surface area contributed by atoms with E-state index in [2.05, 4.69) is 22.4 Å². The Hall–Kier alpha value is -2.79. The normalized spacial score (nSPS) is 11.1. The first-order valence-electron chi connectivity index (χ1n) is 7.87. The van der Waals surface area contributed by atoms with Crippen molar-refractivity contribution in [2.75, 3.05) is 5.73 Å². The summed E-state index contributed by atoms with van der Waals surface area (Å²) in [4.78, 5) is 2.17. The molecule has 0 spiro atoms. The molecule has 0 bridgehead atoms. The van der Waals surface area contributed by atoms with Crippen LogP contribution < -0.4 is 5.73 Å². The van der Waals surface area contributed by atoms with Gasteiger partial charge in [0.1, 0.15) is 17.1 Å². The van der Waals surface area contributed by atoms with E-state index in [-0.39, 0.29) is 5.75 Å². The molecule has 0 fully saturated rings. The van der Waals surface area contributed by atoms with E-state index < -0.39 is 0 Å². The third-order valence-electron chi connectivity index (χ3n) is 3.67. The lowest BCUT2D eigenvalue weighted by atomic mass is 10.1. The van der Waals surface area contributed by atoms with Gasteiger partial charge in [0, 0.05) is 9.79 Å². The molecule has 4 nitrogen and oxygen atoms in total. The summed E-state index contributed by atoms with van der Waals surface area (Å²) in [7, 11) is 0. The Kier molecular flexibility index (Phi) is 5.05. The van der Waals surface area contributed by atoms with E-state index in [1.165, 1.54) is 0 Å². The van der Waals surface area contributed by atoms with Crippen molar-refractivity contribution in [3.63, 3.8) is 0 Å². The molecule has 0 aliphatic rings. The van der Waals surface area contributed by atoms with Crippen molar-refractivity contribution in [2.45, 2.75) is 23.6 Å². The van der Waals surface area contributed by atoms with Gasteiger partial charge in [-0.2, -0.15) is 0 Å². The van der Waals surface area contributed by atoms with Crippen LogP contribution in [0.15, 0.2) is 80.7 Å². The molecule has 0 atom stereocenters. The van der Waals surface area contributed by atoms with Gasteiger partial charge in [0.15, 0.2) is 0 Å². The molecule has 3 aromatic carbocycles. The average Bonchev–Trinajstić information content (AvgIpc) is 2.60. The largest absolute Gasteiger partial charge is 0.505 e. The molecule has 5 heteroatoms. The highest BCUT2D eigenvalue weighted by Crippen LogP contribution is 2.36. The Bertz CT molecular complexity index is 924. The molecule has 0 radical (unpaired) electrons. The topological polar surface area (TPSA) is 71.0 Å². The standard InChI is InChI=1S/C20H19N3OS/c1-13-10-14(2)20(24)19(11-13)23-22-18-12-16(8-9-17(18)21)25-15-6-4-3-5-7-15/h3-12,24H,21H2,1-2H3. The fourth-order valence-corrected chi connectivity index (χ4v) is 3.29. The maximum absolute atomic E-state index is 10.1. The van der Waals surface area contributed by atoms with Gasteiger partial charge in [-0.25, -0.2) is 0 Å². The van der Waals surface area contributed by atoms with Gasteiger partial charge < -0.3 is 10.8 Å². The van der Waals surface area contributed by atoms with Crippen molar-refractivity contribution >= 4 is 28.8 Å². The van der Waals surface area contributed by atoms with E-state index in [0.29, 0.717) is 17.1 Å². The van der Waals surface area contributed by atoms with E-state index in [1.807, 2.05) is 56.3 Å². The number of rotatable bonds is 4. The lowest BCUT2D eigenvalue weighted by Crippen LogP contribution is -1.85. The van der Waals surface area contributed by atoms with Gasteiger partial charge >= 0.3 is 0 Å². The van der Waals surface area contributed by atoms with E-state index in [9.17, 15) is 5.11 Å². The lowest BCUT2D eigenvalue weighted by molar-refractivity contribution is 0.472. The molecule has 0 amide bonds. The van der Waals surface area contributed by atoms with Crippen LogP contribution in [0.25, 0.3) is 0 Å². The molecule has 0 aromatic heterocycles. The monoisotopic (exact) mass is 349 g/mol. The summed E-state index contributed by atoms with van der Waals surface area (Å²) in [6.07, 6.45) is 0. The molecular weight excluding hydrogens is 330 g/mol. The Labute approximate surface area is 151 Å². The Morgan fingerprint density at radius 3 is 2.32 bits per heavy atom. The van der Waals surface area contributed by atoms with Crippen LogP contribution in [-0.2, 0) is 0 Å². The molecule has 126 valence electrons. The van der Waals surface area contributed by atoms with Gasteiger partial charge in [-0.1, -0.05) is 36.0 Å². The van der Waals surface area contributed by atoms with Crippen LogP contribution in [0.4, 0.5) is 17.1 Å². The summed E-state index contributed by atoms with van der Waals surface area (Å²) < 4.78 is 0. The second-order valence-electron chi connectivity index (χ2n) is 5.79. The lowest BCUT2D eigenvalue weighted by Gasteiger charge is -2.06. The zero-order chi connectivity index (χ0) is 17.8. The van der Waals surface area contributed by atoms with Crippen LogP contribution in [0.5, 0.6) is 5.75 Å². The van der Waals surface area contributed by atoms with Gasteiger partial charge in [0.05, 0.1) is 5.69 Å². The van der Waals surface area contributed by atoms with Gasteiger partial charge in [-0.15, -0.1) is 10.2 Å². The first-order valence-corrected chi connectivity index (χ1v) is 8.69. The van der Waals surface area contributed by atoms with Crippen LogP contribution in [0.3, 0.4) is 0 Å². The maximum Gasteiger partial charge on any atom is 0.146 e. The second-order valence-corrected chi connectivity index (χ2v) is 6.93.